The van der Waals surface area contributed by atoms with Crippen LogP contribution in [0.5, 0.6) is 11.8 Å². The molecule has 3 heterocycles. The van der Waals surface area contributed by atoms with Gasteiger partial charge >= 0.3 is 6.03 Å². The maximum absolute atomic E-state index is 12.6. The van der Waals surface area contributed by atoms with Gasteiger partial charge in [0.1, 0.15) is 5.15 Å². The normalized spacial score (nSPS) is 11.3. The molecule has 0 radical (unpaired) electrons. The molecule has 15 heteroatoms. The number of fused-ring (bicyclic) bond motifs is 1. The number of amides is 2. The third kappa shape index (κ3) is 4.00. The van der Waals surface area contributed by atoms with Gasteiger partial charge in [-0.2, -0.15) is 28.0 Å². The minimum Gasteiger partial charge on any atom is -0.481 e. The standard InChI is InChI=1S/C13H11Cl2N7O5S/c1-26-8-5-9(27-2)18-12(17-8)19-13(23)21-28(24,25)11-10(15)16-7-4-3-6(14)20-22(7)11/h3-5H,1-2H3,(H2,17,18,19,21,23). The van der Waals surface area contributed by atoms with E-state index in [0.29, 0.717) is 0 Å². The highest BCUT2D eigenvalue weighted by atomic mass is 35.5. The molecule has 0 aliphatic heterocycles. The highest BCUT2D eigenvalue weighted by Crippen LogP contribution is 2.23. The number of rotatable bonds is 5. The second-order valence-electron chi connectivity index (χ2n) is 4.97. The van der Waals surface area contributed by atoms with Crippen LogP contribution in [0.1, 0.15) is 0 Å². The lowest BCUT2D eigenvalue weighted by Gasteiger charge is -2.09. The van der Waals surface area contributed by atoms with Crippen molar-refractivity contribution >= 4 is 50.9 Å². The van der Waals surface area contributed by atoms with Gasteiger partial charge in [-0.3, -0.25) is 5.32 Å². The van der Waals surface area contributed by atoms with Crippen molar-refractivity contribution in [2.24, 2.45) is 0 Å². The molecule has 0 unspecified atom stereocenters. The summed E-state index contributed by atoms with van der Waals surface area (Å²) in [6.45, 7) is 0. The second-order valence-corrected chi connectivity index (χ2v) is 7.31. The van der Waals surface area contributed by atoms with Crippen LogP contribution in [0.25, 0.3) is 5.65 Å². The molecule has 2 N–H and O–H groups in total. The lowest BCUT2D eigenvalue weighted by atomic mass is 10.6. The van der Waals surface area contributed by atoms with Crippen LogP contribution in [0.3, 0.4) is 0 Å². The Bertz CT molecular complexity index is 1150. The van der Waals surface area contributed by atoms with E-state index in [1.54, 1.807) is 4.72 Å². The van der Waals surface area contributed by atoms with Crippen molar-refractivity contribution in [3.05, 3.63) is 28.5 Å². The van der Waals surface area contributed by atoms with Crippen LogP contribution in [-0.2, 0) is 10.0 Å². The average Bonchev–Trinajstić information content (AvgIpc) is 2.96. The number of aromatic nitrogens is 5. The number of halogens is 2. The van der Waals surface area contributed by atoms with E-state index in [4.69, 9.17) is 32.7 Å². The summed E-state index contributed by atoms with van der Waals surface area (Å²) in [5, 5.41) is 5.02. The summed E-state index contributed by atoms with van der Waals surface area (Å²) in [4.78, 5) is 23.7. The molecule has 0 saturated heterocycles. The number of imidazole rings is 1. The van der Waals surface area contributed by atoms with Gasteiger partial charge in [0.2, 0.25) is 22.7 Å². The largest absolute Gasteiger partial charge is 0.481 e. The van der Waals surface area contributed by atoms with Crippen molar-refractivity contribution < 1.29 is 22.7 Å². The molecule has 28 heavy (non-hydrogen) atoms. The predicted molar refractivity (Wildman–Crippen MR) is 97.5 cm³/mol. The summed E-state index contributed by atoms with van der Waals surface area (Å²) in [5.74, 6) is -0.0725. The molecule has 2 amide bonds. The molecule has 0 atom stereocenters. The number of methoxy groups -OCH3 is 2. The predicted octanol–water partition coefficient (Wildman–Crippen LogP) is 1.35. The van der Waals surface area contributed by atoms with Crippen molar-refractivity contribution in [2.45, 2.75) is 5.03 Å². The number of nitrogens with zero attached hydrogens (tertiary/aromatic N) is 5. The van der Waals surface area contributed by atoms with Gasteiger partial charge in [0.25, 0.3) is 10.0 Å². The zero-order valence-corrected chi connectivity index (χ0v) is 16.5. The van der Waals surface area contributed by atoms with Crippen LogP contribution in [0, 0.1) is 0 Å². The van der Waals surface area contributed by atoms with Crippen LogP contribution in [0.2, 0.25) is 10.3 Å². The summed E-state index contributed by atoms with van der Waals surface area (Å²) in [6.07, 6.45) is 0. The van der Waals surface area contributed by atoms with Gasteiger partial charge in [-0.1, -0.05) is 23.2 Å². The molecule has 3 aromatic rings. The first-order valence-corrected chi connectivity index (χ1v) is 9.49. The fraction of sp³-hybridized carbons (Fsp3) is 0.154. The van der Waals surface area contributed by atoms with E-state index in [2.05, 4.69) is 25.4 Å². The Morgan fingerprint density at radius 2 is 1.75 bits per heavy atom. The Morgan fingerprint density at radius 1 is 1.11 bits per heavy atom. The molecule has 0 fully saturated rings. The Balaban J connectivity index is 1.88. The smallest absolute Gasteiger partial charge is 0.335 e. The summed E-state index contributed by atoms with van der Waals surface area (Å²) < 4.78 is 37.7. The van der Waals surface area contributed by atoms with E-state index in [1.165, 1.54) is 32.4 Å². The van der Waals surface area contributed by atoms with Crippen molar-refractivity contribution in [1.29, 1.82) is 0 Å². The van der Waals surface area contributed by atoms with E-state index in [0.717, 1.165) is 4.52 Å². The molecule has 0 aliphatic carbocycles. The van der Waals surface area contributed by atoms with Crippen LogP contribution in [-0.4, -0.2) is 53.2 Å². The van der Waals surface area contributed by atoms with Gasteiger partial charge in [-0.15, -0.1) is 0 Å². The Kier molecular flexibility index (Phi) is 5.40. The first-order valence-electron chi connectivity index (χ1n) is 7.25. The molecule has 0 aromatic carbocycles. The number of anilines is 1. The van der Waals surface area contributed by atoms with E-state index >= 15 is 0 Å². The molecular formula is C13H11Cl2N7O5S. The summed E-state index contributed by atoms with van der Waals surface area (Å²) in [7, 11) is -1.78. The Labute approximate surface area is 167 Å². The highest BCUT2D eigenvalue weighted by Gasteiger charge is 2.28. The summed E-state index contributed by atoms with van der Waals surface area (Å²) in [6, 6.07) is 3.03. The number of urea groups is 1. The third-order valence-electron chi connectivity index (χ3n) is 3.17. The number of nitrogens with one attached hydrogen (secondary N) is 2. The zero-order chi connectivity index (χ0) is 20.5. The van der Waals surface area contributed by atoms with Crippen LogP contribution < -0.4 is 19.5 Å². The average molecular weight is 448 g/mol. The van der Waals surface area contributed by atoms with E-state index in [-0.39, 0.29) is 28.5 Å². The maximum Gasteiger partial charge on any atom is 0.335 e. The van der Waals surface area contributed by atoms with Crippen molar-refractivity contribution in [2.75, 3.05) is 19.5 Å². The maximum atomic E-state index is 12.6. The summed E-state index contributed by atoms with van der Waals surface area (Å²) in [5.41, 5.74) is 0.121. The quantitative estimate of drug-likeness (QED) is 0.590. The van der Waals surface area contributed by atoms with Gasteiger partial charge in [-0.05, 0) is 12.1 Å². The van der Waals surface area contributed by atoms with E-state index < -0.39 is 26.2 Å². The summed E-state index contributed by atoms with van der Waals surface area (Å²) >= 11 is 11.7. The van der Waals surface area contributed by atoms with Crippen molar-refractivity contribution in [3.8, 4) is 11.8 Å². The minimum atomic E-state index is -4.47. The van der Waals surface area contributed by atoms with Crippen molar-refractivity contribution in [3.63, 3.8) is 0 Å². The zero-order valence-electron chi connectivity index (χ0n) is 14.2. The van der Waals surface area contributed by atoms with Crippen LogP contribution in [0.15, 0.2) is 23.2 Å². The molecule has 0 spiro atoms. The fourth-order valence-electron chi connectivity index (χ4n) is 2.05. The molecule has 0 bridgehead atoms. The van der Waals surface area contributed by atoms with Gasteiger partial charge in [0.05, 0.1) is 20.3 Å². The minimum absolute atomic E-state index is 0.000608. The van der Waals surface area contributed by atoms with Crippen molar-refractivity contribution in [1.82, 2.24) is 29.3 Å². The number of hydrogen-bond acceptors (Lipinski definition) is 9. The molecular weight excluding hydrogens is 437 g/mol. The first-order chi connectivity index (χ1) is 13.2. The Hall–Kier alpha value is -2.90. The molecule has 12 nitrogen and oxygen atoms in total. The number of carbonyl (C=O) groups excluding carboxylic acids is 1. The number of hydrogen-bond donors (Lipinski definition) is 2. The SMILES string of the molecule is COc1cc(OC)nc(NC(=O)NS(=O)(=O)c2c(Cl)nc3ccc(Cl)nn23)n1. The first kappa shape index (κ1) is 19.9. The van der Waals surface area contributed by atoms with Gasteiger partial charge < -0.3 is 9.47 Å². The van der Waals surface area contributed by atoms with E-state index in [9.17, 15) is 13.2 Å². The van der Waals surface area contributed by atoms with Gasteiger partial charge in [0, 0.05) is 0 Å². The number of carbonyl (C=O) groups is 1. The lowest BCUT2D eigenvalue weighted by Crippen LogP contribution is -2.35. The fourth-order valence-corrected chi connectivity index (χ4v) is 3.69. The number of sulfonamides is 1. The van der Waals surface area contributed by atoms with Gasteiger partial charge in [-0.25, -0.2) is 14.5 Å². The topological polar surface area (TPSA) is 150 Å². The number of ether oxygens (including phenoxy) is 2. The Morgan fingerprint density at radius 3 is 2.36 bits per heavy atom. The second kappa shape index (κ2) is 7.61. The molecule has 148 valence electrons. The molecule has 0 saturated carbocycles. The third-order valence-corrected chi connectivity index (χ3v) is 5.08. The van der Waals surface area contributed by atoms with Gasteiger partial charge in [0.15, 0.2) is 10.8 Å². The molecule has 3 rings (SSSR count). The molecule has 3 aromatic heterocycles. The van der Waals surface area contributed by atoms with Crippen LogP contribution >= 0.6 is 23.2 Å². The monoisotopic (exact) mass is 447 g/mol. The van der Waals surface area contributed by atoms with E-state index in [1.807, 2.05) is 0 Å². The lowest BCUT2D eigenvalue weighted by molar-refractivity contribution is 0.256. The molecule has 0 aliphatic rings. The van der Waals surface area contributed by atoms with Crippen LogP contribution in [0.4, 0.5) is 10.7 Å². The highest BCUT2D eigenvalue weighted by molar-refractivity contribution is 7.90.